The fourth-order valence-corrected chi connectivity index (χ4v) is 4.46. The van der Waals surface area contributed by atoms with Gasteiger partial charge in [0.15, 0.2) is 0 Å². The van der Waals surface area contributed by atoms with Crippen LogP contribution in [0.15, 0.2) is 30.4 Å². The molecule has 0 aromatic heterocycles. The molecule has 4 atom stereocenters. The number of nitrogens with one attached hydrogen (secondary N) is 2. The molecule has 154 valence electrons. The van der Waals surface area contributed by atoms with E-state index in [4.69, 9.17) is 16.3 Å². The molecule has 0 spiro atoms. The van der Waals surface area contributed by atoms with Gasteiger partial charge in [0.05, 0.1) is 30.2 Å². The summed E-state index contributed by atoms with van der Waals surface area (Å²) in [5.41, 5.74) is -0.0981. The van der Waals surface area contributed by atoms with E-state index < -0.39 is 29.1 Å². The van der Waals surface area contributed by atoms with E-state index in [9.17, 15) is 14.4 Å². The maximum atomic E-state index is 13.3. The summed E-state index contributed by atoms with van der Waals surface area (Å²) < 4.78 is 6.03. The van der Waals surface area contributed by atoms with Crippen molar-refractivity contribution < 1.29 is 19.1 Å². The van der Waals surface area contributed by atoms with E-state index in [1.165, 1.54) is 4.90 Å². The van der Waals surface area contributed by atoms with Gasteiger partial charge in [-0.15, -0.1) is 0 Å². The molecule has 4 amide bonds. The molecule has 29 heavy (non-hydrogen) atoms. The minimum absolute atomic E-state index is 0.102. The lowest BCUT2D eigenvalue weighted by molar-refractivity contribution is -0.126. The van der Waals surface area contributed by atoms with Gasteiger partial charge in [0.1, 0.15) is 5.60 Å². The molecule has 0 saturated carbocycles. The summed E-state index contributed by atoms with van der Waals surface area (Å²) in [5.74, 6) is -1.90. The summed E-state index contributed by atoms with van der Waals surface area (Å²) in [4.78, 5) is 39.8. The van der Waals surface area contributed by atoms with E-state index >= 15 is 0 Å². The molecule has 2 bridgehead atoms. The van der Waals surface area contributed by atoms with Crippen molar-refractivity contribution in [3.63, 3.8) is 0 Å². The predicted octanol–water partition coefficient (Wildman–Crippen LogP) is 2.56. The number of benzene rings is 1. The lowest BCUT2D eigenvalue weighted by Gasteiger charge is -2.30. The van der Waals surface area contributed by atoms with E-state index in [1.807, 2.05) is 27.7 Å². The molecule has 0 unspecified atom stereocenters. The van der Waals surface area contributed by atoms with Crippen LogP contribution in [-0.2, 0) is 14.3 Å². The number of nitrogens with zero attached hydrogens (tertiary/aromatic N) is 1. The summed E-state index contributed by atoms with van der Waals surface area (Å²) in [6, 6.07) is 4.78. The van der Waals surface area contributed by atoms with Crippen LogP contribution in [-0.4, -0.2) is 41.6 Å². The molecule has 7 nitrogen and oxygen atoms in total. The van der Waals surface area contributed by atoms with Gasteiger partial charge in [-0.2, -0.15) is 0 Å². The van der Waals surface area contributed by atoms with Gasteiger partial charge in [-0.25, -0.2) is 9.69 Å². The lowest BCUT2D eigenvalue weighted by atomic mass is 9.77. The van der Waals surface area contributed by atoms with Crippen molar-refractivity contribution in [3.8, 4) is 0 Å². The van der Waals surface area contributed by atoms with Crippen molar-refractivity contribution in [3.05, 3.63) is 40.9 Å². The number of fused-ring (bicyclic) bond motifs is 5. The van der Waals surface area contributed by atoms with E-state index in [0.717, 1.165) is 5.56 Å². The van der Waals surface area contributed by atoms with Crippen LogP contribution >= 0.6 is 11.6 Å². The summed E-state index contributed by atoms with van der Waals surface area (Å²) >= 11 is 6.20. The average molecular weight is 418 g/mol. The Hall–Kier alpha value is -2.38. The summed E-state index contributed by atoms with van der Waals surface area (Å²) in [6.07, 6.45) is 3.13. The highest BCUT2D eigenvalue weighted by Gasteiger charge is 2.67. The minimum Gasteiger partial charge on any atom is -0.360 e. The molecule has 2 N–H and O–H groups in total. The van der Waals surface area contributed by atoms with Crippen LogP contribution in [0.5, 0.6) is 0 Å². The Labute approximate surface area is 174 Å². The number of urea groups is 1. The Morgan fingerprint density at radius 1 is 1.28 bits per heavy atom. The summed E-state index contributed by atoms with van der Waals surface area (Å²) in [7, 11) is 0. The maximum Gasteiger partial charge on any atom is 0.315 e. The number of halogens is 1. The number of anilines is 1. The summed E-state index contributed by atoms with van der Waals surface area (Å²) in [6.45, 7) is 7.59. The Morgan fingerprint density at radius 3 is 2.66 bits per heavy atom. The van der Waals surface area contributed by atoms with E-state index in [-0.39, 0.29) is 24.4 Å². The SMILES string of the molecule is Cc1ccc(N2C(=O)[C@@H]3[C@@H](C2=O)[C@@]2(CNC(=O)NC(C)(C)C)C=C[C@H]3O2)cc1Cl. The predicted molar refractivity (Wildman–Crippen MR) is 109 cm³/mol. The number of imide groups is 1. The van der Waals surface area contributed by atoms with Crippen LogP contribution in [0.2, 0.25) is 5.02 Å². The third kappa shape index (κ3) is 3.22. The summed E-state index contributed by atoms with van der Waals surface area (Å²) in [5, 5.41) is 6.10. The number of carbonyl (C=O) groups excluding carboxylic acids is 3. The van der Waals surface area contributed by atoms with Crippen LogP contribution in [0.1, 0.15) is 26.3 Å². The van der Waals surface area contributed by atoms with Gasteiger partial charge in [-0.3, -0.25) is 9.59 Å². The van der Waals surface area contributed by atoms with E-state index in [2.05, 4.69) is 10.6 Å². The third-order valence-electron chi connectivity index (χ3n) is 5.58. The topological polar surface area (TPSA) is 87.7 Å². The molecule has 3 aliphatic rings. The van der Waals surface area contributed by atoms with Crippen LogP contribution < -0.4 is 15.5 Å². The first-order chi connectivity index (χ1) is 13.5. The molecular formula is C21H24ClN3O4. The van der Waals surface area contributed by atoms with Crippen molar-refractivity contribution in [2.45, 2.75) is 44.9 Å². The van der Waals surface area contributed by atoms with Crippen molar-refractivity contribution in [1.29, 1.82) is 0 Å². The van der Waals surface area contributed by atoms with Crippen LogP contribution in [0.3, 0.4) is 0 Å². The van der Waals surface area contributed by atoms with Gasteiger partial charge < -0.3 is 15.4 Å². The van der Waals surface area contributed by atoms with Crippen LogP contribution in [0.25, 0.3) is 0 Å². The fourth-order valence-electron chi connectivity index (χ4n) is 4.28. The molecule has 1 aromatic carbocycles. The molecular weight excluding hydrogens is 394 g/mol. The first-order valence-corrected chi connectivity index (χ1v) is 9.97. The van der Waals surface area contributed by atoms with Gasteiger partial charge in [0.2, 0.25) is 11.8 Å². The highest BCUT2D eigenvalue weighted by molar-refractivity contribution is 6.32. The molecule has 2 fully saturated rings. The normalized spacial score (nSPS) is 30.1. The zero-order valence-electron chi connectivity index (χ0n) is 16.8. The van der Waals surface area contributed by atoms with Gasteiger partial charge in [-0.05, 0) is 45.4 Å². The van der Waals surface area contributed by atoms with Crippen molar-refractivity contribution in [1.82, 2.24) is 10.6 Å². The second kappa shape index (κ2) is 6.57. The van der Waals surface area contributed by atoms with Crippen molar-refractivity contribution in [2.24, 2.45) is 11.8 Å². The molecule has 0 radical (unpaired) electrons. The first kappa shape index (κ1) is 19.9. The zero-order chi connectivity index (χ0) is 21.1. The second-order valence-electron chi connectivity index (χ2n) is 8.90. The van der Waals surface area contributed by atoms with E-state index in [1.54, 1.807) is 30.4 Å². The van der Waals surface area contributed by atoms with E-state index in [0.29, 0.717) is 10.7 Å². The zero-order valence-corrected chi connectivity index (χ0v) is 17.5. The molecule has 4 rings (SSSR count). The molecule has 3 aliphatic heterocycles. The molecule has 0 aliphatic carbocycles. The standard InChI is InChI=1S/C21H24ClN3O4/c1-11-5-6-12(9-13(11)22)25-17(26)15-14-7-8-21(29-14,16(15)18(25)27)10-23-19(28)24-20(2,3)4/h5-9,14-16H,10H2,1-4H3,(H2,23,24,28)/t14-,15+,16+,21+/m1/s1. The van der Waals surface area contributed by atoms with Crippen LogP contribution in [0.4, 0.5) is 10.5 Å². The van der Waals surface area contributed by atoms with Gasteiger partial charge in [0.25, 0.3) is 0 Å². The smallest absolute Gasteiger partial charge is 0.315 e. The number of ether oxygens (including phenoxy) is 1. The average Bonchev–Trinajstić information content (AvgIpc) is 3.25. The van der Waals surface area contributed by atoms with Gasteiger partial charge >= 0.3 is 6.03 Å². The Balaban J connectivity index is 1.58. The molecule has 1 aromatic rings. The number of hydrogen-bond acceptors (Lipinski definition) is 4. The Kier molecular flexibility index (Phi) is 4.51. The largest absolute Gasteiger partial charge is 0.360 e. The quantitative estimate of drug-likeness (QED) is 0.584. The molecule has 8 heteroatoms. The number of hydrogen-bond donors (Lipinski definition) is 2. The van der Waals surface area contributed by atoms with Crippen molar-refractivity contribution >= 4 is 35.1 Å². The fraction of sp³-hybridized carbons (Fsp3) is 0.476. The highest BCUT2D eigenvalue weighted by atomic mass is 35.5. The van der Waals surface area contributed by atoms with Gasteiger partial charge in [-0.1, -0.05) is 29.8 Å². The molecule has 2 saturated heterocycles. The number of rotatable bonds is 3. The minimum atomic E-state index is -1.03. The Morgan fingerprint density at radius 2 is 2.00 bits per heavy atom. The maximum absolute atomic E-state index is 13.3. The van der Waals surface area contributed by atoms with Gasteiger partial charge in [0, 0.05) is 10.6 Å². The highest BCUT2D eigenvalue weighted by Crippen LogP contribution is 2.52. The third-order valence-corrected chi connectivity index (χ3v) is 5.99. The molecule has 3 heterocycles. The second-order valence-corrected chi connectivity index (χ2v) is 9.31. The van der Waals surface area contributed by atoms with Crippen LogP contribution in [0, 0.1) is 18.8 Å². The van der Waals surface area contributed by atoms with Crippen molar-refractivity contribution in [2.75, 3.05) is 11.4 Å². The number of carbonyl (C=O) groups is 3. The number of aryl methyl sites for hydroxylation is 1. The Bertz CT molecular complexity index is 938. The first-order valence-electron chi connectivity index (χ1n) is 9.60. The monoisotopic (exact) mass is 417 g/mol. The number of amides is 4. The lowest BCUT2D eigenvalue weighted by Crippen LogP contribution is -2.53.